The molecule has 0 saturated carbocycles. The van der Waals surface area contributed by atoms with Crippen molar-refractivity contribution in [1.29, 1.82) is 0 Å². The summed E-state index contributed by atoms with van der Waals surface area (Å²) in [4.78, 5) is 13.7. The van der Waals surface area contributed by atoms with Gasteiger partial charge in [-0.3, -0.25) is 9.69 Å². The maximum absolute atomic E-state index is 11.5. The van der Waals surface area contributed by atoms with Crippen LogP contribution >= 0.6 is 0 Å². The molecule has 0 spiro atoms. The first kappa shape index (κ1) is 14.5. The van der Waals surface area contributed by atoms with E-state index in [0.29, 0.717) is 26.0 Å². The van der Waals surface area contributed by atoms with Crippen LogP contribution in [0, 0.1) is 5.41 Å². The highest BCUT2D eigenvalue weighted by Crippen LogP contribution is 2.29. The van der Waals surface area contributed by atoms with Crippen LogP contribution in [0.25, 0.3) is 0 Å². The molecule has 17 heavy (non-hydrogen) atoms. The minimum atomic E-state index is -0.674. The van der Waals surface area contributed by atoms with E-state index in [-0.39, 0.29) is 5.60 Å². The number of rotatable bonds is 5. The first-order valence-corrected chi connectivity index (χ1v) is 6.45. The molecule has 1 heterocycles. The molecular formula is C13H25NO3. The lowest BCUT2D eigenvalue weighted by molar-refractivity contribution is -0.154. The third-order valence-corrected chi connectivity index (χ3v) is 3.84. The summed E-state index contributed by atoms with van der Waals surface area (Å²) < 4.78 is 5.65. The smallest absolute Gasteiger partial charge is 0.310 e. The molecule has 1 aliphatic heterocycles. The SMILES string of the molecule is CCC(CC)(CN1CCOC(C)(C)C1)C(=O)O. The van der Waals surface area contributed by atoms with Gasteiger partial charge >= 0.3 is 5.97 Å². The Hall–Kier alpha value is -0.610. The fraction of sp³-hybridized carbons (Fsp3) is 0.923. The minimum absolute atomic E-state index is 0.163. The second-order valence-electron chi connectivity index (χ2n) is 5.61. The molecule has 1 fully saturated rings. The number of hydrogen-bond donors (Lipinski definition) is 1. The fourth-order valence-corrected chi connectivity index (χ4v) is 2.52. The predicted octanol–water partition coefficient (Wildman–Crippen LogP) is 1.99. The predicted molar refractivity (Wildman–Crippen MR) is 67.1 cm³/mol. The average molecular weight is 243 g/mol. The van der Waals surface area contributed by atoms with Crippen molar-refractivity contribution in [1.82, 2.24) is 4.90 Å². The number of carbonyl (C=O) groups is 1. The number of ether oxygens (including phenoxy) is 1. The zero-order chi connectivity index (χ0) is 13.1. The summed E-state index contributed by atoms with van der Waals surface area (Å²) in [6.45, 7) is 11.0. The molecule has 0 bridgehead atoms. The standard InChI is InChI=1S/C13H25NO3/c1-5-13(6-2,11(15)16)10-14-7-8-17-12(3,4)9-14/h5-10H2,1-4H3,(H,15,16). The molecule has 100 valence electrons. The summed E-state index contributed by atoms with van der Waals surface area (Å²) in [5, 5.41) is 9.43. The molecule has 0 unspecified atom stereocenters. The highest BCUT2D eigenvalue weighted by Gasteiger charge is 2.39. The van der Waals surface area contributed by atoms with E-state index in [1.54, 1.807) is 0 Å². The number of morpholine rings is 1. The van der Waals surface area contributed by atoms with E-state index in [1.807, 2.05) is 13.8 Å². The number of aliphatic carboxylic acids is 1. The van der Waals surface area contributed by atoms with E-state index in [0.717, 1.165) is 13.1 Å². The van der Waals surface area contributed by atoms with E-state index in [9.17, 15) is 9.90 Å². The van der Waals surface area contributed by atoms with E-state index in [2.05, 4.69) is 18.7 Å². The topological polar surface area (TPSA) is 49.8 Å². The van der Waals surface area contributed by atoms with Crippen molar-refractivity contribution in [2.75, 3.05) is 26.2 Å². The van der Waals surface area contributed by atoms with Crippen molar-refractivity contribution in [2.24, 2.45) is 5.41 Å². The summed E-state index contributed by atoms with van der Waals surface area (Å²) in [5.74, 6) is -0.674. The van der Waals surface area contributed by atoms with Gasteiger partial charge in [-0.15, -0.1) is 0 Å². The Kier molecular flexibility index (Phi) is 4.55. The summed E-state index contributed by atoms with van der Waals surface area (Å²) in [6.07, 6.45) is 1.35. The first-order valence-electron chi connectivity index (χ1n) is 6.45. The number of carboxylic acids is 1. The van der Waals surface area contributed by atoms with Crippen LogP contribution in [0.15, 0.2) is 0 Å². The molecular weight excluding hydrogens is 218 g/mol. The van der Waals surface area contributed by atoms with E-state index < -0.39 is 11.4 Å². The van der Waals surface area contributed by atoms with Gasteiger partial charge in [0.25, 0.3) is 0 Å². The number of hydrogen-bond acceptors (Lipinski definition) is 3. The molecule has 1 aliphatic rings. The highest BCUT2D eigenvalue weighted by molar-refractivity contribution is 5.74. The van der Waals surface area contributed by atoms with Crippen LogP contribution in [-0.2, 0) is 9.53 Å². The molecule has 4 heteroatoms. The normalized spacial score (nSPS) is 21.4. The Labute approximate surface area is 104 Å². The van der Waals surface area contributed by atoms with Crippen LogP contribution in [0.2, 0.25) is 0 Å². The Morgan fingerprint density at radius 2 is 2.00 bits per heavy atom. The quantitative estimate of drug-likeness (QED) is 0.802. The lowest BCUT2D eigenvalue weighted by Gasteiger charge is -2.42. The lowest BCUT2D eigenvalue weighted by Crippen LogP contribution is -2.53. The van der Waals surface area contributed by atoms with Gasteiger partial charge in [-0.25, -0.2) is 0 Å². The average Bonchev–Trinajstić information content (AvgIpc) is 2.24. The van der Waals surface area contributed by atoms with Gasteiger partial charge in [-0.05, 0) is 26.7 Å². The largest absolute Gasteiger partial charge is 0.481 e. The van der Waals surface area contributed by atoms with Gasteiger partial charge in [0, 0.05) is 19.6 Å². The van der Waals surface area contributed by atoms with Crippen molar-refractivity contribution in [2.45, 2.75) is 46.1 Å². The van der Waals surface area contributed by atoms with Gasteiger partial charge in [0.15, 0.2) is 0 Å². The van der Waals surface area contributed by atoms with E-state index >= 15 is 0 Å². The molecule has 1 saturated heterocycles. The van der Waals surface area contributed by atoms with Crippen LogP contribution in [0.1, 0.15) is 40.5 Å². The number of carboxylic acid groups (broad SMARTS) is 1. The van der Waals surface area contributed by atoms with Gasteiger partial charge in [-0.2, -0.15) is 0 Å². The highest BCUT2D eigenvalue weighted by atomic mass is 16.5. The zero-order valence-corrected chi connectivity index (χ0v) is 11.5. The Morgan fingerprint density at radius 3 is 2.41 bits per heavy atom. The lowest BCUT2D eigenvalue weighted by atomic mass is 9.81. The molecule has 0 aromatic rings. The van der Waals surface area contributed by atoms with Crippen molar-refractivity contribution in [3.8, 4) is 0 Å². The molecule has 0 amide bonds. The summed E-state index contributed by atoms with van der Waals surface area (Å²) >= 11 is 0. The van der Waals surface area contributed by atoms with Gasteiger partial charge in [0.05, 0.1) is 17.6 Å². The Morgan fingerprint density at radius 1 is 1.41 bits per heavy atom. The van der Waals surface area contributed by atoms with Crippen molar-refractivity contribution in [3.63, 3.8) is 0 Å². The van der Waals surface area contributed by atoms with Gasteiger partial charge in [-0.1, -0.05) is 13.8 Å². The van der Waals surface area contributed by atoms with Crippen LogP contribution in [0.5, 0.6) is 0 Å². The first-order chi connectivity index (χ1) is 7.85. The van der Waals surface area contributed by atoms with Crippen molar-refractivity contribution < 1.29 is 14.6 Å². The Bertz CT molecular complexity index is 272. The maximum Gasteiger partial charge on any atom is 0.310 e. The Balaban J connectivity index is 2.71. The maximum atomic E-state index is 11.5. The summed E-state index contributed by atoms with van der Waals surface area (Å²) in [6, 6.07) is 0. The monoisotopic (exact) mass is 243 g/mol. The molecule has 1 N–H and O–H groups in total. The molecule has 4 nitrogen and oxygen atoms in total. The molecule has 0 aliphatic carbocycles. The van der Waals surface area contributed by atoms with E-state index in [4.69, 9.17) is 4.74 Å². The molecule has 0 aromatic carbocycles. The van der Waals surface area contributed by atoms with Gasteiger partial charge < -0.3 is 9.84 Å². The van der Waals surface area contributed by atoms with Crippen molar-refractivity contribution in [3.05, 3.63) is 0 Å². The van der Waals surface area contributed by atoms with Gasteiger partial charge in [0.1, 0.15) is 0 Å². The van der Waals surface area contributed by atoms with Crippen LogP contribution in [0.3, 0.4) is 0 Å². The van der Waals surface area contributed by atoms with E-state index in [1.165, 1.54) is 0 Å². The third kappa shape index (κ3) is 3.42. The van der Waals surface area contributed by atoms with Crippen LogP contribution in [-0.4, -0.2) is 47.8 Å². The fourth-order valence-electron chi connectivity index (χ4n) is 2.52. The van der Waals surface area contributed by atoms with Crippen LogP contribution < -0.4 is 0 Å². The zero-order valence-electron chi connectivity index (χ0n) is 11.5. The molecule has 0 aromatic heterocycles. The second-order valence-corrected chi connectivity index (χ2v) is 5.61. The van der Waals surface area contributed by atoms with Crippen LogP contribution in [0.4, 0.5) is 0 Å². The molecule has 0 atom stereocenters. The van der Waals surface area contributed by atoms with Crippen molar-refractivity contribution >= 4 is 5.97 Å². The number of nitrogens with zero attached hydrogens (tertiary/aromatic N) is 1. The summed E-state index contributed by atoms with van der Waals surface area (Å²) in [5.41, 5.74) is -0.766. The molecule has 1 rings (SSSR count). The third-order valence-electron chi connectivity index (χ3n) is 3.84. The second kappa shape index (κ2) is 5.36. The minimum Gasteiger partial charge on any atom is -0.481 e. The molecule has 0 radical (unpaired) electrons. The summed E-state index contributed by atoms with van der Waals surface area (Å²) in [7, 11) is 0. The van der Waals surface area contributed by atoms with Gasteiger partial charge in [0.2, 0.25) is 0 Å².